The highest BCUT2D eigenvalue weighted by Crippen LogP contribution is 2.39. The second-order valence-corrected chi connectivity index (χ2v) is 14.2. The van der Waals surface area contributed by atoms with Crippen LogP contribution in [-0.4, -0.2) is 86.1 Å². The maximum atomic E-state index is 13.3. The van der Waals surface area contributed by atoms with Crippen molar-refractivity contribution in [1.29, 1.82) is 0 Å². The van der Waals surface area contributed by atoms with E-state index in [9.17, 15) is 48.9 Å². The van der Waals surface area contributed by atoms with Crippen molar-refractivity contribution in [2.24, 2.45) is 11.5 Å². The van der Waals surface area contributed by atoms with Crippen molar-refractivity contribution < 1.29 is 58.7 Å². The fourth-order valence-corrected chi connectivity index (χ4v) is 5.82. The Balaban J connectivity index is 1.21. The summed E-state index contributed by atoms with van der Waals surface area (Å²) in [6, 6.07) is 22.1. The number of benzene rings is 5. The van der Waals surface area contributed by atoms with Crippen LogP contribution in [0.1, 0.15) is 60.8 Å². The van der Waals surface area contributed by atoms with E-state index in [-0.39, 0.29) is 57.2 Å². The number of hydrogen-bond acceptors (Lipinski definition) is 12. The van der Waals surface area contributed by atoms with Crippen LogP contribution in [-0.2, 0) is 20.8 Å². The summed E-state index contributed by atoms with van der Waals surface area (Å²) >= 11 is 0. The second-order valence-electron chi connectivity index (χ2n) is 14.2. The molecule has 0 aliphatic rings. The smallest absolute Gasteiger partial charge is 0.335 e. The first-order chi connectivity index (χ1) is 29.9. The number of carbonyl (C=O) groups excluding carboxylic acids is 6. The fourth-order valence-electron chi connectivity index (χ4n) is 5.82. The molecule has 0 aliphatic carbocycles. The molecule has 19 heteroatoms. The number of hydrogen-bond donors (Lipinski definition) is 11. The summed E-state index contributed by atoms with van der Waals surface area (Å²) in [4.78, 5) is 88.6. The molecule has 0 saturated carbocycles. The maximum absolute atomic E-state index is 13.3. The summed E-state index contributed by atoms with van der Waals surface area (Å²) in [5, 5.41) is 52.7. The Morgan fingerprint density at radius 3 is 1.65 bits per heavy atom. The highest BCUT2D eigenvalue weighted by Gasteiger charge is 2.33. The molecule has 5 aromatic rings. The number of phenolic OH excluding ortho intramolecular Hbond substituents is 2. The van der Waals surface area contributed by atoms with Gasteiger partial charge in [-0.1, -0.05) is 12.1 Å². The van der Waals surface area contributed by atoms with Gasteiger partial charge in [0.2, 0.25) is 17.7 Å². The molecule has 5 aromatic carbocycles. The predicted molar refractivity (Wildman–Crippen MR) is 230 cm³/mol. The zero-order chi connectivity index (χ0) is 46.0. The SMILES string of the molecule is CC(C)Oc1c(NC(=O)c2ccc(NC(=O)C(NC(=O)c3ccc(NC(=O)C(N)Cc4ccc(O)cc4)cc3)C(O)C(N)=O)cc2)ccc(C(=O)Nc2ccc(C(=O)O)cc2)c1O. The standard InChI is InChI=1S/C44H43N7O12/c1-22(2)63-37-33(20-19-31(35(37)53)41(58)47-27-15-9-26(10-16-27)44(61)62)50-39(56)24-5-13-29(14-6-24)49-43(60)34(36(54)38(46)55)51-40(57)25-7-11-28(12-8-25)48-42(59)32(45)21-23-3-17-30(52)18-4-23/h3-20,22,32,34,36,52-54H,21,45H2,1-2H3,(H2,46,55)(H,47,58)(H,48,59)(H,49,60)(H,50,56)(H,51,57)(H,61,62). The van der Waals surface area contributed by atoms with E-state index in [4.69, 9.17) is 21.3 Å². The number of primary amides is 1. The first kappa shape index (κ1) is 45.8. The number of aromatic hydroxyl groups is 2. The van der Waals surface area contributed by atoms with Gasteiger partial charge in [-0.05, 0) is 123 Å². The summed E-state index contributed by atoms with van der Waals surface area (Å²) in [5.41, 5.74) is 12.5. The van der Waals surface area contributed by atoms with Crippen LogP contribution >= 0.6 is 0 Å². The van der Waals surface area contributed by atoms with E-state index in [2.05, 4.69) is 26.6 Å². The van der Waals surface area contributed by atoms with Crippen molar-refractivity contribution in [3.8, 4) is 17.2 Å². The van der Waals surface area contributed by atoms with Crippen LogP contribution in [0.5, 0.6) is 17.2 Å². The number of ether oxygens (including phenoxy) is 1. The quantitative estimate of drug-likeness (QED) is 0.0641. The van der Waals surface area contributed by atoms with Crippen molar-refractivity contribution in [3.63, 3.8) is 0 Å². The number of carbonyl (C=O) groups is 7. The number of phenols is 2. The fraction of sp³-hybridized carbons (Fsp3) is 0.159. The van der Waals surface area contributed by atoms with E-state index in [0.717, 1.165) is 5.56 Å². The van der Waals surface area contributed by atoms with E-state index >= 15 is 0 Å². The van der Waals surface area contributed by atoms with Gasteiger partial charge in [-0.15, -0.1) is 0 Å². The van der Waals surface area contributed by atoms with E-state index in [1.807, 2.05) is 0 Å². The normalized spacial score (nSPS) is 12.2. The minimum Gasteiger partial charge on any atom is -0.508 e. The van der Waals surface area contributed by atoms with E-state index in [1.54, 1.807) is 26.0 Å². The van der Waals surface area contributed by atoms with E-state index in [1.165, 1.54) is 97.1 Å². The topological polar surface area (TPSA) is 322 Å². The highest BCUT2D eigenvalue weighted by molar-refractivity contribution is 6.10. The van der Waals surface area contributed by atoms with Gasteiger partial charge in [0.1, 0.15) is 11.8 Å². The van der Waals surface area contributed by atoms with Crippen LogP contribution in [0.15, 0.2) is 109 Å². The molecule has 3 unspecified atom stereocenters. The molecule has 0 heterocycles. The summed E-state index contributed by atoms with van der Waals surface area (Å²) in [7, 11) is 0. The Morgan fingerprint density at radius 2 is 1.13 bits per heavy atom. The lowest BCUT2D eigenvalue weighted by molar-refractivity contribution is -0.132. The largest absolute Gasteiger partial charge is 0.508 e. The molecule has 13 N–H and O–H groups in total. The first-order valence-corrected chi connectivity index (χ1v) is 19.0. The Morgan fingerprint density at radius 1 is 0.619 bits per heavy atom. The number of nitrogens with two attached hydrogens (primary N) is 2. The molecule has 19 nitrogen and oxygen atoms in total. The zero-order valence-electron chi connectivity index (χ0n) is 33.6. The van der Waals surface area contributed by atoms with Crippen molar-refractivity contribution in [2.75, 3.05) is 21.3 Å². The number of aromatic carboxylic acids is 1. The molecular weight excluding hydrogens is 819 g/mol. The third-order valence-corrected chi connectivity index (χ3v) is 9.10. The number of aliphatic hydroxyl groups is 1. The number of anilines is 4. The van der Waals surface area contributed by atoms with Gasteiger partial charge in [0.05, 0.1) is 29.0 Å². The molecule has 0 fully saturated rings. The van der Waals surface area contributed by atoms with Gasteiger partial charge in [-0.2, -0.15) is 0 Å². The molecule has 0 saturated heterocycles. The van der Waals surface area contributed by atoms with Gasteiger partial charge in [-0.3, -0.25) is 28.8 Å². The van der Waals surface area contributed by atoms with Crippen LogP contribution in [0.2, 0.25) is 0 Å². The van der Waals surface area contributed by atoms with E-state index < -0.39 is 71.5 Å². The molecule has 0 bridgehead atoms. The third kappa shape index (κ3) is 12.2. The lowest BCUT2D eigenvalue weighted by Crippen LogP contribution is -2.55. The van der Waals surface area contributed by atoms with Crippen LogP contribution in [0.4, 0.5) is 22.7 Å². The maximum Gasteiger partial charge on any atom is 0.335 e. The predicted octanol–water partition coefficient (Wildman–Crippen LogP) is 3.18. The molecule has 326 valence electrons. The summed E-state index contributed by atoms with van der Waals surface area (Å²) < 4.78 is 5.75. The minimum atomic E-state index is -2.16. The molecule has 6 amide bonds. The van der Waals surface area contributed by atoms with Crippen molar-refractivity contribution in [2.45, 2.75) is 44.6 Å². The second kappa shape index (κ2) is 20.3. The highest BCUT2D eigenvalue weighted by atomic mass is 16.5. The van der Waals surface area contributed by atoms with Gasteiger partial charge in [0.15, 0.2) is 17.6 Å². The first-order valence-electron chi connectivity index (χ1n) is 19.0. The van der Waals surface area contributed by atoms with Crippen LogP contribution in [0.3, 0.4) is 0 Å². The molecular formula is C44H43N7O12. The monoisotopic (exact) mass is 861 g/mol. The lowest BCUT2D eigenvalue weighted by Gasteiger charge is -2.22. The Hall–Kier alpha value is -8.29. The van der Waals surface area contributed by atoms with Crippen LogP contribution in [0, 0.1) is 0 Å². The van der Waals surface area contributed by atoms with E-state index in [0.29, 0.717) is 5.69 Å². The molecule has 0 radical (unpaired) electrons. The average Bonchev–Trinajstić information content (AvgIpc) is 3.24. The molecule has 0 aromatic heterocycles. The van der Waals surface area contributed by atoms with Crippen LogP contribution < -0.4 is 42.8 Å². The number of amides is 6. The molecule has 3 atom stereocenters. The minimum absolute atomic E-state index is 0.00947. The molecule has 63 heavy (non-hydrogen) atoms. The number of nitrogens with one attached hydrogen (secondary N) is 5. The molecule has 0 spiro atoms. The summed E-state index contributed by atoms with van der Waals surface area (Å²) in [6.45, 7) is 3.32. The summed E-state index contributed by atoms with van der Waals surface area (Å²) in [5.74, 6) is -7.02. The number of carboxylic acid groups (broad SMARTS) is 1. The third-order valence-electron chi connectivity index (χ3n) is 9.10. The number of carboxylic acids is 1. The van der Waals surface area contributed by atoms with Crippen LogP contribution in [0.25, 0.3) is 0 Å². The lowest BCUT2D eigenvalue weighted by atomic mass is 10.1. The van der Waals surface area contributed by atoms with Gasteiger partial charge in [0, 0.05) is 28.2 Å². The summed E-state index contributed by atoms with van der Waals surface area (Å²) in [6.07, 6.45) is -2.47. The zero-order valence-corrected chi connectivity index (χ0v) is 33.6. The number of rotatable bonds is 17. The van der Waals surface area contributed by atoms with Gasteiger partial charge < -0.3 is 63.2 Å². The average molecular weight is 862 g/mol. The Kier molecular flexibility index (Phi) is 14.8. The van der Waals surface area contributed by atoms with Gasteiger partial charge in [-0.25, -0.2) is 4.79 Å². The Labute approximate surface area is 359 Å². The number of aliphatic hydroxyl groups excluding tert-OH is 1. The van der Waals surface area contributed by atoms with Crippen molar-refractivity contribution in [1.82, 2.24) is 5.32 Å². The van der Waals surface area contributed by atoms with Gasteiger partial charge >= 0.3 is 5.97 Å². The molecule has 0 aliphatic heterocycles. The van der Waals surface area contributed by atoms with Crippen molar-refractivity contribution >= 4 is 64.2 Å². The molecule has 5 rings (SSSR count). The van der Waals surface area contributed by atoms with Gasteiger partial charge in [0.25, 0.3) is 17.7 Å². The van der Waals surface area contributed by atoms with Crippen molar-refractivity contribution in [3.05, 3.63) is 137 Å². The Bertz CT molecular complexity index is 2510.